The predicted octanol–water partition coefficient (Wildman–Crippen LogP) is 3.55. The van der Waals surface area contributed by atoms with E-state index in [0.29, 0.717) is 6.54 Å². The molecule has 168 valence electrons. The summed E-state index contributed by atoms with van der Waals surface area (Å²) in [7, 11) is -4.08. The van der Waals surface area contributed by atoms with Crippen molar-refractivity contribution in [2.24, 2.45) is 11.3 Å². The molecule has 0 atom stereocenters. The number of para-hydroxylation sites is 1. The number of ether oxygens (including phenoxy) is 1. The Hall–Kier alpha value is -2.20. The van der Waals surface area contributed by atoms with E-state index in [-0.39, 0.29) is 23.9 Å². The van der Waals surface area contributed by atoms with Gasteiger partial charge in [0.2, 0.25) is 10.0 Å². The van der Waals surface area contributed by atoms with Crippen LogP contribution in [0.4, 0.5) is 10.5 Å². The molecule has 1 fully saturated rings. The third-order valence-corrected chi connectivity index (χ3v) is 6.41. The summed E-state index contributed by atoms with van der Waals surface area (Å²) in [6.07, 6.45) is 1.28. The number of rotatable bonds is 9. The number of nitrogens with zero attached hydrogens (tertiary/aromatic N) is 2. The van der Waals surface area contributed by atoms with Crippen LogP contribution in [0.1, 0.15) is 47.5 Å². The SMILES string of the molecule is CC(C)(CNC(=O)OC(C)(C)C)CN(CC1CC1)S(=O)(=O)c1ccccc1[N+](=O)[O-]. The number of alkyl carbamates (subject to hydrolysis) is 1. The number of nitro benzene ring substituents is 1. The number of carbonyl (C=O) groups is 1. The van der Waals surface area contributed by atoms with Gasteiger partial charge in [0.1, 0.15) is 5.60 Å². The van der Waals surface area contributed by atoms with Crippen molar-refractivity contribution in [1.29, 1.82) is 0 Å². The van der Waals surface area contributed by atoms with Gasteiger partial charge in [0.25, 0.3) is 5.69 Å². The molecule has 0 radical (unpaired) electrons. The molecule has 1 aliphatic carbocycles. The average molecular weight is 442 g/mol. The molecular formula is C20H31N3O6S. The fourth-order valence-electron chi connectivity index (χ4n) is 2.96. The van der Waals surface area contributed by atoms with E-state index < -0.39 is 37.7 Å². The van der Waals surface area contributed by atoms with Gasteiger partial charge in [0, 0.05) is 25.7 Å². The number of benzene rings is 1. The minimum Gasteiger partial charge on any atom is -0.444 e. The zero-order valence-electron chi connectivity index (χ0n) is 18.2. The van der Waals surface area contributed by atoms with E-state index in [2.05, 4.69) is 5.32 Å². The van der Waals surface area contributed by atoms with E-state index in [0.717, 1.165) is 12.8 Å². The van der Waals surface area contributed by atoms with Crippen LogP contribution in [-0.2, 0) is 14.8 Å². The maximum Gasteiger partial charge on any atom is 0.407 e. The molecule has 1 saturated carbocycles. The van der Waals surface area contributed by atoms with Crippen molar-refractivity contribution in [2.75, 3.05) is 19.6 Å². The lowest BCUT2D eigenvalue weighted by atomic mass is 9.93. The van der Waals surface area contributed by atoms with Gasteiger partial charge >= 0.3 is 6.09 Å². The number of hydrogen-bond acceptors (Lipinski definition) is 6. The van der Waals surface area contributed by atoms with Gasteiger partial charge in [-0.25, -0.2) is 13.2 Å². The largest absolute Gasteiger partial charge is 0.444 e. The third-order valence-electron chi connectivity index (χ3n) is 4.55. The Morgan fingerprint density at radius 3 is 2.37 bits per heavy atom. The summed E-state index contributed by atoms with van der Waals surface area (Å²) < 4.78 is 33.2. The molecule has 1 N–H and O–H groups in total. The van der Waals surface area contributed by atoms with Crippen LogP contribution in [0, 0.1) is 21.4 Å². The Morgan fingerprint density at radius 1 is 1.23 bits per heavy atom. The van der Waals surface area contributed by atoms with Gasteiger partial charge in [0.15, 0.2) is 4.90 Å². The maximum absolute atomic E-state index is 13.3. The quantitative estimate of drug-likeness (QED) is 0.462. The average Bonchev–Trinajstić information content (AvgIpc) is 3.42. The number of nitro groups is 1. The Bertz CT molecular complexity index is 888. The Kier molecular flexibility index (Phi) is 7.13. The summed E-state index contributed by atoms with van der Waals surface area (Å²) in [4.78, 5) is 22.3. The molecule has 9 nitrogen and oxygen atoms in total. The maximum atomic E-state index is 13.3. The zero-order chi connectivity index (χ0) is 22.7. The molecule has 0 heterocycles. The number of sulfonamides is 1. The van der Waals surface area contributed by atoms with Crippen molar-refractivity contribution < 1.29 is 22.9 Å². The van der Waals surface area contributed by atoms with Crippen LogP contribution in [0.5, 0.6) is 0 Å². The molecular weight excluding hydrogens is 410 g/mol. The summed E-state index contributed by atoms with van der Waals surface area (Å²) >= 11 is 0. The van der Waals surface area contributed by atoms with Crippen LogP contribution in [0.2, 0.25) is 0 Å². The van der Waals surface area contributed by atoms with E-state index in [4.69, 9.17) is 4.74 Å². The molecule has 1 aliphatic rings. The van der Waals surface area contributed by atoms with Crippen molar-refractivity contribution in [3.63, 3.8) is 0 Å². The second-order valence-corrected chi connectivity index (χ2v) is 11.4. The van der Waals surface area contributed by atoms with Gasteiger partial charge in [-0.1, -0.05) is 26.0 Å². The highest BCUT2D eigenvalue weighted by Crippen LogP contribution is 2.35. The first-order valence-corrected chi connectivity index (χ1v) is 11.4. The van der Waals surface area contributed by atoms with E-state index >= 15 is 0 Å². The van der Waals surface area contributed by atoms with Crippen LogP contribution in [0.3, 0.4) is 0 Å². The highest BCUT2D eigenvalue weighted by molar-refractivity contribution is 7.89. The van der Waals surface area contributed by atoms with Crippen molar-refractivity contribution in [3.8, 4) is 0 Å². The van der Waals surface area contributed by atoms with E-state index in [1.807, 2.05) is 13.8 Å². The molecule has 0 unspecified atom stereocenters. The molecule has 1 aromatic carbocycles. The van der Waals surface area contributed by atoms with Gasteiger partial charge in [-0.2, -0.15) is 4.31 Å². The van der Waals surface area contributed by atoms with Crippen LogP contribution >= 0.6 is 0 Å². The molecule has 0 aliphatic heterocycles. The van der Waals surface area contributed by atoms with Crippen molar-refractivity contribution in [2.45, 2.75) is 58.0 Å². The molecule has 1 aromatic rings. The number of hydrogen-bond donors (Lipinski definition) is 1. The van der Waals surface area contributed by atoms with Crippen molar-refractivity contribution in [3.05, 3.63) is 34.4 Å². The van der Waals surface area contributed by atoms with Gasteiger partial charge in [0.05, 0.1) is 4.92 Å². The lowest BCUT2D eigenvalue weighted by Gasteiger charge is -2.32. The summed E-state index contributed by atoms with van der Waals surface area (Å²) in [5.74, 6) is 0.247. The Labute approximate surface area is 178 Å². The minimum atomic E-state index is -4.08. The Balaban J connectivity index is 2.21. The fourth-order valence-corrected chi connectivity index (χ4v) is 4.82. The minimum absolute atomic E-state index is 0.105. The normalized spacial score (nSPS) is 15.1. The summed E-state index contributed by atoms with van der Waals surface area (Å²) in [6, 6.07) is 5.37. The smallest absolute Gasteiger partial charge is 0.407 e. The third kappa shape index (κ3) is 6.94. The monoisotopic (exact) mass is 441 g/mol. The van der Waals surface area contributed by atoms with Crippen LogP contribution < -0.4 is 5.32 Å². The number of carbonyl (C=O) groups excluding carboxylic acids is 1. The van der Waals surface area contributed by atoms with Gasteiger partial charge in [-0.3, -0.25) is 10.1 Å². The van der Waals surface area contributed by atoms with E-state index in [1.165, 1.54) is 28.6 Å². The molecule has 0 spiro atoms. The lowest BCUT2D eigenvalue weighted by molar-refractivity contribution is -0.387. The van der Waals surface area contributed by atoms with Gasteiger partial charge < -0.3 is 10.1 Å². The first-order valence-electron chi connectivity index (χ1n) is 9.92. The Morgan fingerprint density at radius 2 is 1.83 bits per heavy atom. The molecule has 0 aromatic heterocycles. The first kappa shape index (κ1) is 24.1. The molecule has 30 heavy (non-hydrogen) atoms. The highest BCUT2D eigenvalue weighted by atomic mass is 32.2. The predicted molar refractivity (Wildman–Crippen MR) is 113 cm³/mol. The molecule has 0 bridgehead atoms. The number of amides is 1. The number of nitrogens with one attached hydrogen (secondary N) is 1. The van der Waals surface area contributed by atoms with Gasteiger partial charge in [-0.15, -0.1) is 0 Å². The van der Waals surface area contributed by atoms with Crippen LogP contribution in [-0.4, -0.2) is 49.0 Å². The summed E-state index contributed by atoms with van der Waals surface area (Å²) in [5.41, 5.74) is -1.70. The first-order chi connectivity index (χ1) is 13.7. The second kappa shape index (κ2) is 8.89. The summed E-state index contributed by atoms with van der Waals surface area (Å²) in [5, 5.41) is 14.0. The molecule has 0 saturated heterocycles. The molecule has 10 heteroatoms. The fraction of sp³-hybridized carbons (Fsp3) is 0.650. The van der Waals surface area contributed by atoms with E-state index in [1.54, 1.807) is 20.8 Å². The van der Waals surface area contributed by atoms with Crippen molar-refractivity contribution in [1.82, 2.24) is 9.62 Å². The topological polar surface area (TPSA) is 119 Å². The van der Waals surface area contributed by atoms with Crippen LogP contribution in [0.25, 0.3) is 0 Å². The summed E-state index contributed by atoms with van der Waals surface area (Å²) in [6.45, 7) is 9.53. The zero-order valence-corrected chi connectivity index (χ0v) is 19.0. The van der Waals surface area contributed by atoms with E-state index in [9.17, 15) is 23.3 Å². The molecule has 1 amide bonds. The van der Waals surface area contributed by atoms with Gasteiger partial charge in [-0.05, 0) is 51.0 Å². The highest BCUT2D eigenvalue weighted by Gasteiger charge is 2.38. The standard InChI is InChI=1S/C20H31N3O6S/c1-19(2,3)29-18(24)21-13-20(4,5)14-22(12-15-10-11-15)30(27,28)17-9-7-6-8-16(17)23(25)26/h6-9,15H,10-14H2,1-5H3,(H,21,24). The second-order valence-electron chi connectivity index (χ2n) is 9.49. The van der Waals surface area contributed by atoms with Crippen LogP contribution in [0.15, 0.2) is 29.2 Å². The molecule has 2 rings (SSSR count). The lowest BCUT2D eigenvalue weighted by Crippen LogP contribution is -2.46. The van der Waals surface area contributed by atoms with Crippen molar-refractivity contribution >= 4 is 21.8 Å².